The second-order valence-electron chi connectivity index (χ2n) is 4.87. The smallest absolute Gasteiger partial charge is 0.312 e. The number of aliphatic carboxylic acids is 1. The van der Waals surface area contributed by atoms with Crippen LogP contribution < -0.4 is 15.2 Å². The summed E-state index contributed by atoms with van der Waals surface area (Å²) in [7, 11) is 0. The van der Waals surface area contributed by atoms with Crippen LogP contribution in [0.25, 0.3) is 0 Å². The Balaban J connectivity index is 1.95. The predicted octanol–water partition coefficient (Wildman–Crippen LogP) is 2.28. The summed E-state index contributed by atoms with van der Waals surface area (Å²) < 4.78 is 10.6. The zero-order valence-corrected chi connectivity index (χ0v) is 11.2. The molecule has 3 N–H and O–H groups in total. The molecule has 0 saturated heterocycles. The Morgan fingerprint density at radius 1 is 1.05 bits per heavy atom. The summed E-state index contributed by atoms with van der Waals surface area (Å²) in [5.41, 5.74) is 7.57. The number of carbonyl (C=O) groups is 1. The molecule has 1 aliphatic rings. The lowest BCUT2D eigenvalue weighted by Gasteiger charge is -2.21. The van der Waals surface area contributed by atoms with Crippen molar-refractivity contribution in [3.8, 4) is 11.5 Å². The minimum absolute atomic E-state index is 0.176. The van der Waals surface area contributed by atoms with Crippen LogP contribution in [0.2, 0.25) is 0 Å². The second-order valence-corrected chi connectivity index (χ2v) is 4.87. The van der Waals surface area contributed by atoms with Crippen LogP contribution >= 0.6 is 0 Å². The lowest BCUT2D eigenvalue weighted by molar-refractivity contribution is -0.139. The Hall–Kier alpha value is -2.53. The van der Waals surface area contributed by atoms with Crippen LogP contribution in [0.3, 0.4) is 0 Å². The Bertz CT molecular complexity index is 657. The van der Waals surface area contributed by atoms with Crippen molar-refractivity contribution in [3.63, 3.8) is 0 Å². The molecular formula is C16H15NO4. The highest BCUT2D eigenvalue weighted by molar-refractivity contribution is 5.77. The van der Waals surface area contributed by atoms with E-state index in [1.807, 2.05) is 6.07 Å². The first-order valence-corrected chi connectivity index (χ1v) is 6.59. The molecule has 0 spiro atoms. The van der Waals surface area contributed by atoms with Gasteiger partial charge in [-0.1, -0.05) is 36.4 Å². The van der Waals surface area contributed by atoms with Gasteiger partial charge in [-0.15, -0.1) is 0 Å². The van der Waals surface area contributed by atoms with Crippen LogP contribution in [-0.2, 0) is 4.79 Å². The Morgan fingerprint density at radius 2 is 1.76 bits per heavy atom. The first kappa shape index (κ1) is 13.5. The van der Waals surface area contributed by atoms with Crippen molar-refractivity contribution < 1.29 is 19.4 Å². The van der Waals surface area contributed by atoms with Crippen LogP contribution in [0.15, 0.2) is 48.5 Å². The van der Waals surface area contributed by atoms with Crippen LogP contribution in [-0.4, -0.2) is 17.9 Å². The molecule has 21 heavy (non-hydrogen) atoms. The summed E-state index contributed by atoms with van der Waals surface area (Å²) in [4.78, 5) is 11.6. The molecule has 2 aromatic rings. The lowest BCUT2D eigenvalue weighted by atomic mass is 9.87. The normalized spacial score (nSPS) is 15.5. The van der Waals surface area contributed by atoms with Gasteiger partial charge in [0.15, 0.2) is 11.5 Å². The quantitative estimate of drug-likeness (QED) is 0.900. The molecule has 2 aromatic carbocycles. The van der Waals surface area contributed by atoms with E-state index in [1.54, 1.807) is 42.5 Å². The van der Waals surface area contributed by atoms with Gasteiger partial charge in [-0.2, -0.15) is 0 Å². The molecule has 5 heteroatoms. The summed E-state index contributed by atoms with van der Waals surface area (Å²) >= 11 is 0. The van der Waals surface area contributed by atoms with Gasteiger partial charge in [-0.3, -0.25) is 4.79 Å². The van der Waals surface area contributed by atoms with Gasteiger partial charge in [-0.25, -0.2) is 0 Å². The van der Waals surface area contributed by atoms with Crippen LogP contribution in [0.5, 0.6) is 11.5 Å². The van der Waals surface area contributed by atoms with E-state index in [-0.39, 0.29) is 6.79 Å². The van der Waals surface area contributed by atoms with Gasteiger partial charge in [-0.05, 0) is 23.3 Å². The van der Waals surface area contributed by atoms with E-state index in [9.17, 15) is 9.90 Å². The first-order valence-electron chi connectivity index (χ1n) is 6.59. The molecule has 0 bridgehead atoms. The SMILES string of the molecule is NC(c1ccc2c(c1)OCO2)C(C(=O)O)c1ccccc1. The second kappa shape index (κ2) is 5.46. The maximum Gasteiger partial charge on any atom is 0.312 e. The van der Waals surface area contributed by atoms with Gasteiger partial charge in [0.1, 0.15) is 5.92 Å². The molecule has 108 valence electrons. The minimum atomic E-state index is -0.952. The maximum atomic E-state index is 11.6. The van der Waals surface area contributed by atoms with Gasteiger partial charge in [0.05, 0.1) is 0 Å². The fourth-order valence-electron chi connectivity index (χ4n) is 2.48. The highest BCUT2D eigenvalue weighted by Crippen LogP contribution is 2.37. The van der Waals surface area contributed by atoms with Gasteiger partial charge in [0, 0.05) is 6.04 Å². The standard InChI is InChI=1S/C16H15NO4/c17-15(11-6-7-12-13(8-11)21-9-20-12)14(16(18)19)10-4-2-1-3-5-10/h1-8,14-15H,9,17H2,(H,18,19). The van der Waals surface area contributed by atoms with Crippen LogP contribution in [0.1, 0.15) is 23.1 Å². The fourth-order valence-corrected chi connectivity index (χ4v) is 2.48. The monoisotopic (exact) mass is 285 g/mol. The molecule has 1 aliphatic heterocycles. The average Bonchev–Trinajstić information content (AvgIpc) is 2.95. The Labute approximate surface area is 121 Å². The van der Waals surface area contributed by atoms with Crippen molar-refractivity contribution in [2.24, 2.45) is 5.73 Å². The largest absolute Gasteiger partial charge is 0.481 e. The maximum absolute atomic E-state index is 11.6. The van der Waals surface area contributed by atoms with E-state index in [0.29, 0.717) is 22.6 Å². The van der Waals surface area contributed by atoms with E-state index in [4.69, 9.17) is 15.2 Å². The van der Waals surface area contributed by atoms with Gasteiger partial charge >= 0.3 is 5.97 Å². The number of hydrogen-bond donors (Lipinski definition) is 2. The van der Waals surface area contributed by atoms with Gasteiger partial charge < -0.3 is 20.3 Å². The van der Waals surface area contributed by atoms with Crippen molar-refractivity contribution in [2.75, 3.05) is 6.79 Å². The van der Waals surface area contributed by atoms with Crippen molar-refractivity contribution in [2.45, 2.75) is 12.0 Å². The van der Waals surface area contributed by atoms with E-state index in [1.165, 1.54) is 0 Å². The predicted molar refractivity (Wildman–Crippen MR) is 76.3 cm³/mol. The summed E-state index contributed by atoms with van der Waals surface area (Å²) in [5, 5.41) is 9.52. The Morgan fingerprint density at radius 3 is 2.48 bits per heavy atom. The topological polar surface area (TPSA) is 81.8 Å². The lowest BCUT2D eigenvalue weighted by Crippen LogP contribution is -2.26. The molecule has 0 aromatic heterocycles. The number of fused-ring (bicyclic) bond motifs is 1. The zero-order chi connectivity index (χ0) is 14.8. The number of carboxylic acids is 1. The van der Waals surface area contributed by atoms with Crippen LogP contribution in [0, 0.1) is 0 Å². The van der Waals surface area contributed by atoms with Crippen LogP contribution in [0.4, 0.5) is 0 Å². The van der Waals surface area contributed by atoms with E-state index >= 15 is 0 Å². The molecule has 1 heterocycles. The van der Waals surface area contributed by atoms with Crippen molar-refractivity contribution in [1.82, 2.24) is 0 Å². The first-order chi connectivity index (χ1) is 10.2. The molecular weight excluding hydrogens is 270 g/mol. The average molecular weight is 285 g/mol. The van der Waals surface area contributed by atoms with Gasteiger partial charge in [0.2, 0.25) is 6.79 Å². The highest BCUT2D eigenvalue weighted by atomic mass is 16.7. The molecule has 0 fully saturated rings. The van der Waals surface area contributed by atoms with Crippen molar-refractivity contribution in [1.29, 1.82) is 0 Å². The summed E-state index contributed by atoms with van der Waals surface area (Å²) in [5.74, 6) is -0.518. The molecule has 5 nitrogen and oxygen atoms in total. The third-order valence-electron chi connectivity index (χ3n) is 3.57. The molecule has 3 rings (SSSR count). The fraction of sp³-hybridized carbons (Fsp3) is 0.188. The van der Waals surface area contributed by atoms with E-state index in [0.717, 1.165) is 0 Å². The molecule has 0 amide bonds. The number of ether oxygens (including phenoxy) is 2. The zero-order valence-electron chi connectivity index (χ0n) is 11.2. The summed E-state index contributed by atoms with van der Waals surface area (Å²) in [6, 6.07) is 13.6. The Kier molecular flexibility index (Phi) is 3.50. The summed E-state index contributed by atoms with van der Waals surface area (Å²) in [6.07, 6.45) is 0. The summed E-state index contributed by atoms with van der Waals surface area (Å²) in [6.45, 7) is 0.176. The number of carboxylic acid groups (broad SMARTS) is 1. The molecule has 2 atom stereocenters. The molecule has 2 unspecified atom stereocenters. The van der Waals surface area contributed by atoms with Gasteiger partial charge in [0.25, 0.3) is 0 Å². The number of hydrogen-bond acceptors (Lipinski definition) is 4. The third kappa shape index (κ3) is 2.55. The minimum Gasteiger partial charge on any atom is -0.481 e. The van der Waals surface area contributed by atoms with E-state index in [2.05, 4.69) is 0 Å². The molecule has 0 aliphatic carbocycles. The number of benzene rings is 2. The number of rotatable bonds is 4. The molecule has 0 radical (unpaired) electrons. The number of nitrogens with two attached hydrogens (primary N) is 1. The van der Waals surface area contributed by atoms with Crippen molar-refractivity contribution in [3.05, 3.63) is 59.7 Å². The molecule has 0 saturated carbocycles. The van der Waals surface area contributed by atoms with Crippen molar-refractivity contribution >= 4 is 5.97 Å². The third-order valence-corrected chi connectivity index (χ3v) is 3.57. The van der Waals surface area contributed by atoms with E-state index < -0.39 is 17.9 Å². The highest BCUT2D eigenvalue weighted by Gasteiger charge is 2.29.